The molecule has 0 saturated carbocycles. The fourth-order valence-corrected chi connectivity index (χ4v) is 2.00. The van der Waals surface area contributed by atoms with Gasteiger partial charge in [0, 0.05) is 17.8 Å². The highest BCUT2D eigenvalue weighted by molar-refractivity contribution is 5.65. The van der Waals surface area contributed by atoms with Crippen LogP contribution in [0.25, 0.3) is 5.70 Å². The SMILES string of the molecule is C=NC(=C)/C(=C/C)CC(=C)N/C(=C\CC)c1ccccc1. The lowest BCUT2D eigenvalue weighted by Gasteiger charge is -2.15. The summed E-state index contributed by atoms with van der Waals surface area (Å²) in [7, 11) is 0. The lowest BCUT2D eigenvalue weighted by atomic mass is 10.1. The first-order chi connectivity index (χ1) is 10.1. The molecule has 1 rings (SSSR count). The number of rotatable bonds is 8. The molecule has 0 aliphatic heterocycles. The summed E-state index contributed by atoms with van der Waals surface area (Å²) in [5.74, 6) is 0. The van der Waals surface area contributed by atoms with Crippen molar-refractivity contribution in [1.29, 1.82) is 0 Å². The molecular weight excluding hydrogens is 256 g/mol. The van der Waals surface area contributed by atoms with E-state index >= 15 is 0 Å². The summed E-state index contributed by atoms with van der Waals surface area (Å²) in [6.07, 6.45) is 5.80. The van der Waals surface area contributed by atoms with E-state index in [9.17, 15) is 0 Å². The average Bonchev–Trinajstić information content (AvgIpc) is 2.52. The lowest BCUT2D eigenvalue weighted by molar-refractivity contribution is 0.973. The van der Waals surface area contributed by atoms with Gasteiger partial charge in [0.05, 0.1) is 5.70 Å². The van der Waals surface area contributed by atoms with E-state index in [2.05, 4.69) is 55.3 Å². The molecule has 0 aromatic heterocycles. The van der Waals surface area contributed by atoms with Gasteiger partial charge in [-0.15, -0.1) is 0 Å². The molecule has 0 unspecified atom stereocenters. The van der Waals surface area contributed by atoms with Crippen molar-refractivity contribution < 1.29 is 0 Å². The van der Waals surface area contributed by atoms with Crippen molar-refractivity contribution in [2.45, 2.75) is 26.7 Å². The van der Waals surface area contributed by atoms with Gasteiger partial charge in [0.2, 0.25) is 0 Å². The summed E-state index contributed by atoms with van der Waals surface area (Å²) in [6.45, 7) is 15.6. The monoisotopic (exact) mass is 280 g/mol. The zero-order valence-corrected chi connectivity index (χ0v) is 13.0. The second kappa shape index (κ2) is 8.75. The Morgan fingerprint density at radius 1 is 1.24 bits per heavy atom. The summed E-state index contributed by atoms with van der Waals surface area (Å²) < 4.78 is 0. The predicted molar refractivity (Wildman–Crippen MR) is 94.0 cm³/mol. The summed E-state index contributed by atoms with van der Waals surface area (Å²) in [5.41, 5.74) is 4.88. The minimum Gasteiger partial charge on any atom is -0.359 e. The van der Waals surface area contributed by atoms with Crippen molar-refractivity contribution >= 4 is 12.4 Å². The highest BCUT2D eigenvalue weighted by atomic mass is 14.9. The van der Waals surface area contributed by atoms with Crippen molar-refractivity contribution in [3.8, 4) is 0 Å². The number of hydrogen-bond acceptors (Lipinski definition) is 2. The van der Waals surface area contributed by atoms with Gasteiger partial charge in [-0.1, -0.05) is 62.6 Å². The van der Waals surface area contributed by atoms with Crippen molar-refractivity contribution in [3.63, 3.8) is 0 Å². The van der Waals surface area contributed by atoms with Gasteiger partial charge < -0.3 is 5.32 Å². The molecule has 0 spiro atoms. The molecule has 0 aliphatic carbocycles. The fraction of sp³-hybridized carbons (Fsp3) is 0.211. The number of nitrogens with one attached hydrogen (secondary N) is 1. The van der Waals surface area contributed by atoms with Crippen molar-refractivity contribution in [1.82, 2.24) is 5.32 Å². The van der Waals surface area contributed by atoms with Gasteiger partial charge in [-0.25, -0.2) is 0 Å². The minimum absolute atomic E-state index is 0.683. The molecule has 0 fully saturated rings. The summed E-state index contributed by atoms with van der Waals surface area (Å²) in [4.78, 5) is 3.89. The van der Waals surface area contributed by atoms with Crippen LogP contribution in [0.5, 0.6) is 0 Å². The van der Waals surface area contributed by atoms with Crippen LogP contribution in [0, 0.1) is 0 Å². The Kier molecular flexibility index (Phi) is 6.96. The normalized spacial score (nSPS) is 11.9. The van der Waals surface area contributed by atoms with Crippen molar-refractivity contribution in [2.24, 2.45) is 4.99 Å². The molecule has 0 heterocycles. The van der Waals surface area contributed by atoms with E-state index in [1.807, 2.05) is 31.2 Å². The maximum atomic E-state index is 4.11. The number of nitrogens with zero attached hydrogens (tertiary/aromatic N) is 1. The molecule has 0 amide bonds. The second-order valence-electron chi connectivity index (χ2n) is 4.72. The van der Waals surface area contributed by atoms with Crippen LogP contribution in [0.1, 0.15) is 32.3 Å². The topological polar surface area (TPSA) is 24.4 Å². The Morgan fingerprint density at radius 3 is 2.43 bits per heavy atom. The molecule has 110 valence electrons. The quantitative estimate of drug-likeness (QED) is 0.520. The Hall–Kier alpha value is -2.35. The van der Waals surface area contributed by atoms with Gasteiger partial charge in [0.1, 0.15) is 0 Å². The first-order valence-electron chi connectivity index (χ1n) is 7.13. The third-order valence-electron chi connectivity index (χ3n) is 3.12. The Bertz CT molecular complexity index is 562. The zero-order valence-electron chi connectivity index (χ0n) is 13.0. The summed E-state index contributed by atoms with van der Waals surface area (Å²) in [5, 5.41) is 3.40. The van der Waals surface area contributed by atoms with Crippen LogP contribution in [0.2, 0.25) is 0 Å². The Labute approximate surface area is 128 Å². The maximum absolute atomic E-state index is 4.11. The standard InChI is InChI=1S/C19H24N2/c1-6-11-19(18-12-9-8-10-13-18)21-15(3)14-17(7-2)16(4)20-5/h7-13,21H,3-6,14H2,1-2H3/b17-7+,19-11-. The zero-order chi connectivity index (χ0) is 15.7. The van der Waals surface area contributed by atoms with Crippen LogP contribution in [-0.4, -0.2) is 6.72 Å². The maximum Gasteiger partial charge on any atom is 0.0583 e. The predicted octanol–water partition coefficient (Wildman–Crippen LogP) is 5.09. The number of aliphatic imine (C=N–C) groups is 1. The van der Waals surface area contributed by atoms with E-state index < -0.39 is 0 Å². The van der Waals surface area contributed by atoms with E-state index in [0.717, 1.165) is 29.0 Å². The third kappa shape index (κ3) is 5.27. The van der Waals surface area contributed by atoms with Gasteiger partial charge in [0.25, 0.3) is 0 Å². The van der Waals surface area contributed by atoms with Gasteiger partial charge in [-0.3, -0.25) is 4.99 Å². The largest absolute Gasteiger partial charge is 0.359 e. The fourth-order valence-electron chi connectivity index (χ4n) is 2.00. The average molecular weight is 280 g/mol. The third-order valence-corrected chi connectivity index (χ3v) is 3.12. The molecule has 2 nitrogen and oxygen atoms in total. The minimum atomic E-state index is 0.683. The highest BCUT2D eigenvalue weighted by Crippen LogP contribution is 2.19. The Balaban J connectivity index is 2.82. The molecule has 1 aromatic carbocycles. The van der Waals surface area contributed by atoms with Crippen LogP contribution in [0.15, 0.2) is 77.6 Å². The molecule has 0 aliphatic rings. The van der Waals surface area contributed by atoms with Crippen LogP contribution in [0.3, 0.4) is 0 Å². The smallest absolute Gasteiger partial charge is 0.0583 e. The van der Waals surface area contributed by atoms with E-state index in [-0.39, 0.29) is 0 Å². The van der Waals surface area contributed by atoms with Crippen LogP contribution in [0.4, 0.5) is 0 Å². The molecule has 0 saturated heterocycles. The van der Waals surface area contributed by atoms with Gasteiger partial charge in [-0.05, 0) is 31.2 Å². The molecule has 0 radical (unpaired) electrons. The molecule has 1 N–H and O–H groups in total. The number of benzene rings is 1. The molecule has 0 atom stereocenters. The van der Waals surface area contributed by atoms with Crippen LogP contribution < -0.4 is 5.32 Å². The first-order valence-corrected chi connectivity index (χ1v) is 7.13. The summed E-state index contributed by atoms with van der Waals surface area (Å²) >= 11 is 0. The van der Waals surface area contributed by atoms with Crippen molar-refractivity contribution in [3.05, 3.63) is 78.2 Å². The van der Waals surface area contributed by atoms with E-state index in [0.29, 0.717) is 12.1 Å². The molecule has 21 heavy (non-hydrogen) atoms. The van der Waals surface area contributed by atoms with Crippen LogP contribution >= 0.6 is 0 Å². The number of hydrogen-bond donors (Lipinski definition) is 1. The highest BCUT2D eigenvalue weighted by Gasteiger charge is 2.06. The molecular formula is C19H24N2. The molecule has 1 aromatic rings. The van der Waals surface area contributed by atoms with E-state index in [1.165, 1.54) is 0 Å². The van der Waals surface area contributed by atoms with Crippen molar-refractivity contribution in [2.75, 3.05) is 0 Å². The molecule has 2 heteroatoms. The number of allylic oxidation sites excluding steroid dienone is 4. The van der Waals surface area contributed by atoms with Gasteiger partial charge >= 0.3 is 0 Å². The lowest BCUT2D eigenvalue weighted by Crippen LogP contribution is -2.12. The van der Waals surface area contributed by atoms with Gasteiger partial charge in [0.15, 0.2) is 0 Å². The summed E-state index contributed by atoms with van der Waals surface area (Å²) in [6, 6.07) is 10.2. The molecule has 0 bridgehead atoms. The Morgan fingerprint density at radius 2 is 1.90 bits per heavy atom. The van der Waals surface area contributed by atoms with E-state index in [1.54, 1.807) is 0 Å². The first kappa shape index (κ1) is 16.7. The van der Waals surface area contributed by atoms with E-state index in [4.69, 9.17) is 0 Å². The van der Waals surface area contributed by atoms with Crippen LogP contribution in [-0.2, 0) is 0 Å². The van der Waals surface area contributed by atoms with Gasteiger partial charge in [-0.2, -0.15) is 0 Å². The second-order valence-corrected chi connectivity index (χ2v) is 4.72.